The molecule has 0 bridgehead atoms. The summed E-state index contributed by atoms with van der Waals surface area (Å²) in [5.74, 6) is 0.491. The topological polar surface area (TPSA) is 46.5 Å². The van der Waals surface area contributed by atoms with Gasteiger partial charge in [0.25, 0.3) is 0 Å². The van der Waals surface area contributed by atoms with E-state index in [-0.39, 0.29) is 6.16 Å². The molecule has 1 atom stereocenters. The zero-order valence-corrected chi connectivity index (χ0v) is 8.71. The first-order chi connectivity index (χ1) is 6.14. The minimum atomic E-state index is -3.36. The van der Waals surface area contributed by atoms with E-state index in [1.807, 2.05) is 0 Å². The molecule has 0 aliphatic heterocycles. The minimum Gasteiger partial charge on any atom is -0.324 e. The van der Waals surface area contributed by atoms with Crippen molar-refractivity contribution in [3.8, 4) is 0 Å². The summed E-state index contributed by atoms with van der Waals surface area (Å²) in [4.78, 5) is 9.24. The van der Waals surface area contributed by atoms with E-state index in [2.05, 4.69) is 6.58 Å². The van der Waals surface area contributed by atoms with Gasteiger partial charge in [0.05, 0.1) is 12.8 Å². The van der Waals surface area contributed by atoms with Crippen LogP contribution in [0.3, 0.4) is 0 Å². The lowest BCUT2D eigenvalue weighted by Gasteiger charge is -2.13. The lowest BCUT2D eigenvalue weighted by atomic mass is 10.1. The molecule has 1 fully saturated rings. The highest BCUT2D eigenvalue weighted by Gasteiger charge is 2.21. The molecule has 1 aliphatic rings. The molecule has 1 saturated carbocycles. The molecule has 0 heterocycles. The molecule has 0 amide bonds. The van der Waals surface area contributed by atoms with Crippen molar-refractivity contribution in [3.05, 3.63) is 12.7 Å². The Morgan fingerprint density at radius 1 is 1.54 bits per heavy atom. The summed E-state index contributed by atoms with van der Waals surface area (Å²) in [5, 5.41) is 0. The Balaban J connectivity index is 2.23. The Morgan fingerprint density at radius 3 is 2.69 bits per heavy atom. The van der Waals surface area contributed by atoms with E-state index in [1.54, 1.807) is 0 Å². The normalized spacial score (nSPS) is 22.8. The van der Waals surface area contributed by atoms with Gasteiger partial charge in [-0.2, -0.15) is 0 Å². The quantitative estimate of drug-likeness (QED) is 0.553. The van der Waals surface area contributed by atoms with Crippen LogP contribution in [0.25, 0.3) is 0 Å². The molecule has 0 spiro atoms. The number of hydrogen-bond donors (Lipinski definition) is 1. The maximum absolute atomic E-state index is 11.2. The molecule has 1 N–H and O–H groups in total. The third-order valence-electron chi connectivity index (χ3n) is 2.35. The van der Waals surface area contributed by atoms with Crippen molar-refractivity contribution in [2.45, 2.75) is 25.7 Å². The maximum atomic E-state index is 11.2. The second kappa shape index (κ2) is 4.94. The molecule has 1 rings (SSSR count). The van der Waals surface area contributed by atoms with E-state index in [4.69, 9.17) is 4.52 Å². The molecule has 1 unspecified atom stereocenters. The van der Waals surface area contributed by atoms with Gasteiger partial charge in [-0.15, -0.1) is 6.58 Å². The fourth-order valence-corrected chi connectivity index (χ4v) is 2.49. The zero-order valence-electron chi connectivity index (χ0n) is 7.82. The molecule has 1 aliphatic carbocycles. The van der Waals surface area contributed by atoms with Crippen LogP contribution in [0.1, 0.15) is 25.7 Å². The van der Waals surface area contributed by atoms with E-state index in [9.17, 15) is 9.46 Å². The van der Waals surface area contributed by atoms with Crippen LogP contribution in [-0.4, -0.2) is 17.7 Å². The summed E-state index contributed by atoms with van der Waals surface area (Å²) >= 11 is 0. The van der Waals surface area contributed by atoms with Gasteiger partial charge < -0.3 is 9.42 Å². The van der Waals surface area contributed by atoms with Gasteiger partial charge in [-0.05, 0) is 18.8 Å². The highest BCUT2D eigenvalue weighted by Crippen LogP contribution is 2.43. The summed E-state index contributed by atoms with van der Waals surface area (Å²) in [6.07, 6.45) is 6.20. The van der Waals surface area contributed by atoms with Crippen molar-refractivity contribution in [2.24, 2.45) is 5.92 Å². The highest BCUT2D eigenvalue weighted by atomic mass is 31.2. The van der Waals surface area contributed by atoms with Crippen LogP contribution in [-0.2, 0) is 9.09 Å². The highest BCUT2D eigenvalue weighted by molar-refractivity contribution is 7.53. The third kappa shape index (κ3) is 4.08. The molecule has 0 aromatic carbocycles. The molecule has 4 heteroatoms. The van der Waals surface area contributed by atoms with Crippen LogP contribution in [0.4, 0.5) is 0 Å². The average Bonchev–Trinajstić information content (AvgIpc) is 2.52. The second-order valence-electron chi connectivity index (χ2n) is 3.55. The lowest BCUT2D eigenvalue weighted by molar-refractivity contribution is 0.218. The molecular formula is C9H17O3P. The molecular weight excluding hydrogens is 187 g/mol. The predicted molar refractivity (Wildman–Crippen MR) is 52.8 cm³/mol. The van der Waals surface area contributed by atoms with Crippen molar-refractivity contribution in [1.29, 1.82) is 0 Å². The first kappa shape index (κ1) is 11.0. The summed E-state index contributed by atoms with van der Waals surface area (Å²) in [5.41, 5.74) is 0. The van der Waals surface area contributed by atoms with E-state index in [0.717, 1.165) is 12.8 Å². The Hall–Kier alpha value is -0.110. The zero-order chi connectivity index (χ0) is 9.73. The number of allylic oxidation sites excluding steroid dienone is 1. The van der Waals surface area contributed by atoms with Gasteiger partial charge in [-0.3, -0.25) is 4.57 Å². The van der Waals surface area contributed by atoms with E-state index < -0.39 is 7.60 Å². The fraction of sp³-hybridized carbons (Fsp3) is 0.778. The van der Waals surface area contributed by atoms with Crippen molar-refractivity contribution >= 4 is 7.60 Å². The lowest BCUT2D eigenvalue weighted by Crippen LogP contribution is -2.04. The van der Waals surface area contributed by atoms with E-state index in [0.29, 0.717) is 12.5 Å². The first-order valence-corrected chi connectivity index (χ1v) is 6.47. The largest absolute Gasteiger partial charge is 0.331 e. The molecule has 0 aromatic rings. The standard InChI is InChI=1S/C9H17O3P/c1-2-7-13(10,11)12-8-9-5-3-4-6-9/h2,9H,1,3-8H2,(H,10,11). The van der Waals surface area contributed by atoms with Gasteiger partial charge in [-0.1, -0.05) is 18.9 Å². The Bertz CT molecular complexity index is 209. The maximum Gasteiger partial charge on any atom is 0.331 e. The van der Waals surface area contributed by atoms with Crippen molar-refractivity contribution in [2.75, 3.05) is 12.8 Å². The summed E-state index contributed by atoms with van der Waals surface area (Å²) in [6.45, 7) is 3.85. The summed E-state index contributed by atoms with van der Waals surface area (Å²) < 4.78 is 16.2. The van der Waals surface area contributed by atoms with Gasteiger partial charge >= 0.3 is 7.60 Å². The smallest absolute Gasteiger partial charge is 0.324 e. The van der Waals surface area contributed by atoms with Crippen LogP contribution < -0.4 is 0 Å². The first-order valence-electron chi connectivity index (χ1n) is 4.71. The van der Waals surface area contributed by atoms with Crippen LogP contribution in [0, 0.1) is 5.92 Å². The number of hydrogen-bond acceptors (Lipinski definition) is 2. The monoisotopic (exact) mass is 204 g/mol. The molecule has 76 valence electrons. The van der Waals surface area contributed by atoms with Gasteiger partial charge in [0, 0.05) is 0 Å². The van der Waals surface area contributed by atoms with Crippen LogP contribution in [0.5, 0.6) is 0 Å². The Labute approximate surface area is 79.3 Å². The molecule has 0 radical (unpaired) electrons. The average molecular weight is 204 g/mol. The third-order valence-corrected chi connectivity index (χ3v) is 3.62. The van der Waals surface area contributed by atoms with Gasteiger partial charge in [0.2, 0.25) is 0 Å². The Kier molecular flexibility index (Phi) is 4.17. The van der Waals surface area contributed by atoms with Gasteiger partial charge in [0.1, 0.15) is 0 Å². The van der Waals surface area contributed by atoms with Crippen LogP contribution in [0.2, 0.25) is 0 Å². The van der Waals surface area contributed by atoms with Crippen molar-refractivity contribution in [1.82, 2.24) is 0 Å². The minimum absolute atomic E-state index is 0.0553. The summed E-state index contributed by atoms with van der Waals surface area (Å²) in [6, 6.07) is 0. The number of rotatable bonds is 5. The SMILES string of the molecule is C=CCP(=O)(O)OCC1CCCC1. The van der Waals surface area contributed by atoms with Crippen molar-refractivity contribution in [3.63, 3.8) is 0 Å². The van der Waals surface area contributed by atoms with Crippen molar-refractivity contribution < 1.29 is 14.0 Å². The molecule has 3 nitrogen and oxygen atoms in total. The fourth-order valence-electron chi connectivity index (χ4n) is 1.61. The molecule has 13 heavy (non-hydrogen) atoms. The van der Waals surface area contributed by atoms with E-state index >= 15 is 0 Å². The summed E-state index contributed by atoms with van der Waals surface area (Å²) in [7, 11) is -3.36. The Morgan fingerprint density at radius 2 is 2.15 bits per heavy atom. The van der Waals surface area contributed by atoms with Gasteiger partial charge in [0.15, 0.2) is 0 Å². The molecule has 0 saturated heterocycles. The van der Waals surface area contributed by atoms with Crippen LogP contribution >= 0.6 is 7.60 Å². The predicted octanol–water partition coefficient (Wildman–Crippen LogP) is 2.56. The van der Waals surface area contributed by atoms with E-state index in [1.165, 1.54) is 18.9 Å². The van der Waals surface area contributed by atoms with Crippen LogP contribution in [0.15, 0.2) is 12.7 Å². The second-order valence-corrected chi connectivity index (χ2v) is 5.45. The molecule has 0 aromatic heterocycles. The van der Waals surface area contributed by atoms with Gasteiger partial charge in [-0.25, -0.2) is 0 Å².